The molecular weight excluding hydrogens is 308 g/mol. The topological polar surface area (TPSA) is 42.4 Å². The Balaban J connectivity index is 1.49. The molecule has 118 valence electrons. The fraction of sp³-hybridized carbons (Fsp3) is 0.333. The van der Waals surface area contributed by atoms with Gasteiger partial charge in [0.15, 0.2) is 0 Å². The zero-order valence-corrected chi connectivity index (χ0v) is 13.6. The van der Waals surface area contributed by atoms with Crippen LogP contribution < -0.4 is 9.64 Å². The van der Waals surface area contributed by atoms with Crippen LogP contribution in [-0.4, -0.2) is 35.0 Å². The summed E-state index contributed by atoms with van der Waals surface area (Å²) < 4.78 is 5.83. The van der Waals surface area contributed by atoms with Crippen LogP contribution in [-0.2, 0) is 6.42 Å². The number of fused-ring (bicyclic) bond motifs is 1. The Labute approximate surface area is 139 Å². The number of nitrogens with zero attached hydrogens (tertiary/aromatic N) is 2. The van der Waals surface area contributed by atoms with Gasteiger partial charge in [0.2, 0.25) is 5.88 Å². The van der Waals surface area contributed by atoms with Gasteiger partial charge in [-0.2, -0.15) is 11.8 Å². The number of rotatable bonds is 3. The van der Waals surface area contributed by atoms with Crippen molar-refractivity contribution in [1.29, 1.82) is 0 Å². The molecule has 1 aromatic heterocycles. The third-order valence-electron chi connectivity index (χ3n) is 4.29. The molecule has 0 saturated carbocycles. The quantitative estimate of drug-likeness (QED) is 0.869. The first-order chi connectivity index (χ1) is 11.3. The van der Waals surface area contributed by atoms with Gasteiger partial charge in [0.1, 0.15) is 6.10 Å². The van der Waals surface area contributed by atoms with E-state index in [9.17, 15) is 4.79 Å². The summed E-state index contributed by atoms with van der Waals surface area (Å²) in [7, 11) is 0. The minimum Gasteiger partial charge on any atom is -0.473 e. The van der Waals surface area contributed by atoms with Crippen LogP contribution in [0.2, 0.25) is 0 Å². The predicted octanol–water partition coefficient (Wildman–Crippen LogP) is 3.17. The third-order valence-corrected chi connectivity index (χ3v) is 5.42. The molecule has 4 nitrogen and oxygen atoms in total. The number of hydrogen-bond donors (Lipinski definition) is 0. The van der Waals surface area contributed by atoms with Gasteiger partial charge in [0, 0.05) is 30.2 Å². The molecule has 3 heterocycles. The van der Waals surface area contributed by atoms with Crippen LogP contribution in [0.3, 0.4) is 0 Å². The van der Waals surface area contributed by atoms with Gasteiger partial charge in [-0.15, -0.1) is 0 Å². The van der Waals surface area contributed by atoms with Crippen molar-refractivity contribution in [3.05, 3.63) is 53.7 Å². The Morgan fingerprint density at radius 1 is 1.26 bits per heavy atom. The number of amides is 1. The van der Waals surface area contributed by atoms with Crippen LogP contribution >= 0.6 is 11.8 Å². The molecule has 2 aliphatic rings. The number of hydrogen-bond acceptors (Lipinski definition) is 4. The highest BCUT2D eigenvalue weighted by atomic mass is 32.2. The number of benzene rings is 1. The van der Waals surface area contributed by atoms with Crippen LogP contribution in [0, 0.1) is 0 Å². The number of carbonyl (C=O) groups is 1. The Morgan fingerprint density at radius 2 is 2.17 bits per heavy atom. The molecule has 0 unspecified atom stereocenters. The van der Waals surface area contributed by atoms with Gasteiger partial charge in [0.05, 0.1) is 5.56 Å². The van der Waals surface area contributed by atoms with E-state index in [4.69, 9.17) is 4.74 Å². The zero-order chi connectivity index (χ0) is 15.6. The van der Waals surface area contributed by atoms with E-state index in [1.54, 1.807) is 12.3 Å². The van der Waals surface area contributed by atoms with E-state index in [1.807, 2.05) is 40.9 Å². The molecule has 1 aromatic carbocycles. The lowest BCUT2D eigenvalue weighted by Gasteiger charge is -2.17. The minimum absolute atomic E-state index is 0.00502. The van der Waals surface area contributed by atoms with E-state index in [2.05, 4.69) is 11.1 Å². The Morgan fingerprint density at radius 3 is 2.96 bits per heavy atom. The van der Waals surface area contributed by atoms with E-state index in [-0.39, 0.29) is 12.0 Å². The van der Waals surface area contributed by atoms with Crippen molar-refractivity contribution >= 4 is 23.4 Å². The van der Waals surface area contributed by atoms with Crippen molar-refractivity contribution < 1.29 is 9.53 Å². The van der Waals surface area contributed by atoms with Crippen LogP contribution in [0.1, 0.15) is 22.3 Å². The molecule has 0 radical (unpaired) electrons. The maximum Gasteiger partial charge on any atom is 0.259 e. The summed E-state index contributed by atoms with van der Waals surface area (Å²) in [6.45, 7) is 0.732. The fourth-order valence-electron chi connectivity index (χ4n) is 3.06. The van der Waals surface area contributed by atoms with Gasteiger partial charge < -0.3 is 9.64 Å². The molecule has 1 amide bonds. The molecule has 5 heteroatoms. The smallest absolute Gasteiger partial charge is 0.259 e. The lowest BCUT2D eigenvalue weighted by molar-refractivity contribution is 0.0989. The molecular formula is C18H18N2O2S. The van der Waals surface area contributed by atoms with Gasteiger partial charge in [-0.3, -0.25) is 4.79 Å². The van der Waals surface area contributed by atoms with E-state index in [0.717, 1.165) is 36.6 Å². The highest BCUT2D eigenvalue weighted by Crippen LogP contribution is 2.29. The maximum atomic E-state index is 12.7. The molecule has 0 spiro atoms. The van der Waals surface area contributed by atoms with E-state index >= 15 is 0 Å². The van der Waals surface area contributed by atoms with E-state index in [0.29, 0.717) is 11.4 Å². The molecule has 0 N–H and O–H groups in total. The third kappa shape index (κ3) is 2.93. The highest BCUT2D eigenvalue weighted by Gasteiger charge is 2.25. The summed E-state index contributed by atoms with van der Waals surface area (Å²) in [5.74, 6) is 2.78. The van der Waals surface area contributed by atoms with Crippen molar-refractivity contribution in [1.82, 2.24) is 4.98 Å². The normalized spacial score (nSPS) is 19.7. The van der Waals surface area contributed by atoms with Crippen molar-refractivity contribution in [2.45, 2.75) is 18.9 Å². The van der Waals surface area contributed by atoms with Gasteiger partial charge in [-0.25, -0.2) is 4.98 Å². The Kier molecular flexibility index (Phi) is 3.95. The SMILES string of the molecule is O=C(c1ccc(O[C@H]2CCSC2)nc1)N1CCc2ccccc21. The molecule has 2 aromatic rings. The largest absolute Gasteiger partial charge is 0.473 e. The minimum atomic E-state index is 0.00502. The van der Waals surface area contributed by atoms with Crippen molar-refractivity contribution in [2.75, 3.05) is 23.0 Å². The lowest BCUT2D eigenvalue weighted by atomic mass is 10.2. The summed E-state index contributed by atoms with van der Waals surface area (Å²) in [6, 6.07) is 11.7. The number of carbonyl (C=O) groups excluding carboxylic acids is 1. The second-order valence-corrected chi connectivity index (χ2v) is 6.97. The summed E-state index contributed by atoms with van der Waals surface area (Å²) in [4.78, 5) is 18.9. The van der Waals surface area contributed by atoms with Crippen molar-refractivity contribution in [2.24, 2.45) is 0 Å². The number of ether oxygens (including phenoxy) is 1. The zero-order valence-electron chi connectivity index (χ0n) is 12.8. The number of thioether (sulfide) groups is 1. The standard InChI is InChI=1S/C18H18N2O2S/c21-18(20-9-7-13-3-1-2-4-16(13)20)14-5-6-17(19-11-14)22-15-8-10-23-12-15/h1-6,11,15H,7-10,12H2/t15-/m0/s1. The first kappa shape index (κ1) is 14.6. The average Bonchev–Trinajstić information content (AvgIpc) is 3.24. The van der Waals surface area contributed by atoms with Gasteiger partial charge >= 0.3 is 0 Å². The number of pyridine rings is 1. The predicted molar refractivity (Wildman–Crippen MR) is 92.4 cm³/mol. The molecule has 0 bridgehead atoms. The lowest BCUT2D eigenvalue weighted by Crippen LogP contribution is -2.29. The molecule has 0 aliphatic carbocycles. The monoisotopic (exact) mass is 326 g/mol. The second kappa shape index (κ2) is 6.24. The molecule has 1 saturated heterocycles. The summed E-state index contributed by atoms with van der Waals surface area (Å²) >= 11 is 1.91. The number of anilines is 1. The van der Waals surface area contributed by atoms with Crippen LogP contribution in [0.4, 0.5) is 5.69 Å². The highest BCUT2D eigenvalue weighted by molar-refractivity contribution is 7.99. The van der Waals surface area contributed by atoms with Crippen LogP contribution in [0.5, 0.6) is 5.88 Å². The first-order valence-electron chi connectivity index (χ1n) is 7.91. The summed E-state index contributed by atoms with van der Waals surface area (Å²) in [5.41, 5.74) is 2.85. The van der Waals surface area contributed by atoms with Crippen LogP contribution in [0.25, 0.3) is 0 Å². The first-order valence-corrected chi connectivity index (χ1v) is 9.07. The van der Waals surface area contributed by atoms with E-state index in [1.165, 1.54) is 5.56 Å². The average molecular weight is 326 g/mol. The second-order valence-electron chi connectivity index (χ2n) is 5.82. The van der Waals surface area contributed by atoms with Crippen molar-refractivity contribution in [3.63, 3.8) is 0 Å². The summed E-state index contributed by atoms with van der Waals surface area (Å²) in [5, 5.41) is 0. The Bertz CT molecular complexity index is 711. The summed E-state index contributed by atoms with van der Waals surface area (Å²) in [6.07, 6.45) is 3.85. The van der Waals surface area contributed by atoms with Gasteiger partial charge in [-0.1, -0.05) is 18.2 Å². The molecule has 23 heavy (non-hydrogen) atoms. The molecule has 2 aliphatic heterocycles. The number of aromatic nitrogens is 1. The van der Waals surface area contributed by atoms with Crippen molar-refractivity contribution in [3.8, 4) is 5.88 Å². The molecule has 1 fully saturated rings. The Hall–Kier alpha value is -2.01. The van der Waals surface area contributed by atoms with Crippen LogP contribution in [0.15, 0.2) is 42.6 Å². The van der Waals surface area contributed by atoms with E-state index < -0.39 is 0 Å². The number of para-hydroxylation sites is 1. The van der Waals surface area contributed by atoms with Gasteiger partial charge in [0.25, 0.3) is 5.91 Å². The maximum absolute atomic E-state index is 12.7. The fourth-order valence-corrected chi connectivity index (χ4v) is 4.15. The molecule has 4 rings (SSSR count). The molecule has 1 atom stereocenters. The van der Waals surface area contributed by atoms with Gasteiger partial charge in [-0.05, 0) is 36.3 Å².